The molecule has 0 fully saturated rings. The third-order valence-corrected chi connectivity index (χ3v) is 2.94. The molecule has 1 aromatic heterocycles. The molecule has 2 aromatic rings. The molecule has 2 N–H and O–H groups in total. The van der Waals surface area contributed by atoms with Gasteiger partial charge in [-0.2, -0.15) is 0 Å². The highest BCUT2D eigenvalue weighted by atomic mass is 19.1. The number of nitrogens with zero attached hydrogens (tertiary/aromatic N) is 1. The van der Waals surface area contributed by atoms with Crippen LogP contribution in [0.2, 0.25) is 0 Å². The fraction of sp³-hybridized carbons (Fsp3) is 0.286. The van der Waals surface area contributed by atoms with Gasteiger partial charge in [0.1, 0.15) is 17.3 Å². The van der Waals surface area contributed by atoms with Crippen molar-refractivity contribution in [1.29, 1.82) is 0 Å². The molecule has 1 atom stereocenters. The molecule has 0 aliphatic heterocycles. The first-order valence-corrected chi connectivity index (χ1v) is 5.84. The predicted molar refractivity (Wildman–Crippen MR) is 69.6 cm³/mol. The molecule has 0 saturated heterocycles. The molecule has 0 aliphatic rings. The summed E-state index contributed by atoms with van der Waals surface area (Å²) in [5.41, 5.74) is 6.18. The fourth-order valence-corrected chi connectivity index (χ4v) is 1.92. The molecule has 0 aliphatic carbocycles. The van der Waals surface area contributed by atoms with Crippen LogP contribution >= 0.6 is 0 Å². The Labute approximate surface area is 106 Å². The molecular weight excluding hydrogens is 231 g/mol. The van der Waals surface area contributed by atoms with Crippen molar-refractivity contribution in [3.63, 3.8) is 0 Å². The van der Waals surface area contributed by atoms with E-state index in [0.717, 1.165) is 5.76 Å². The molecule has 18 heavy (non-hydrogen) atoms. The lowest BCUT2D eigenvalue weighted by Gasteiger charge is -2.20. The minimum atomic E-state index is -0.285. The van der Waals surface area contributed by atoms with E-state index in [1.807, 2.05) is 25.1 Å². The Bertz CT molecular complexity index is 522. The van der Waals surface area contributed by atoms with E-state index in [9.17, 15) is 4.39 Å². The zero-order valence-corrected chi connectivity index (χ0v) is 10.6. The van der Waals surface area contributed by atoms with Crippen LogP contribution in [0.3, 0.4) is 0 Å². The Morgan fingerprint density at radius 3 is 2.56 bits per heavy atom. The first-order valence-electron chi connectivity index (χ1n) is 5.84. The van der Waals surface area contributed by atoms with Gasteiger partial charge < -0.3 is 10.2 Å². The van der Waals surface area contributed by atoms with Crippen molar-refractivity contribution in [3.8, 4) is 11.3 Å². The van der Waals surface area contributed by atoms with Crippen molar-refractivity contribution >= 4 is 0 Å². The second-order valence-electron chi connectivity index (χ2n) is 4.40. The molecule has 3 nitrogen and oxygen atoms in total. The molecule has 96 valence electrons. The summed E-state index contributed by atoms with van der Waals surface area (Å²) >= 11 is 0. The number of rotatable bonds is 4. The van der Waals surface area contributed by atoms with Crippen molar-refractivity contribution in [2.75, 3.05) is 20.6 Å². The molecule has 4 heteroatoms. The van der Waals surface area contributed by atoms with Crippen molar-refractivity contribution in [3.05, 3.63) is 48.0 Å². The molecule has 0 radical (unpaired) electrons. The van der Waals surface area contributed by atoms with Gasteiger partial charge in [-0.05, 0) is 38.4 Å². The van der Waals surface area contributed by atoms with E-state index in [-0.39, 0.29) is 11.9 Å². The second kappa shape index (κ2) is 5.33. The van der Waals surface area contributed by atoms with E-state index in [2.05, 4.69) is 0 Å². The minimum Gasteiger partial charge on any atom is -0.459 e. The highest BCUT2D eigenvalue weighted by Crippen LogP contribution is 2.28. The average molecular weight is 248 g/mol. The zero-order valence-electron chi connectivity index (χ0n) is 10.6. The average Bonchev–Trinajstić information content (AvgIpc) is 2.79. The third kappa shape index (κ3) is 2.44. The number of hydrogen-bond donors (Lipinski definition) is 1. The maximum atomic E-state index is 13.6. The molecule has 0 amide bonds. The van der Waals surface area contributed by atoms with Crippen molar-refractivity contribution in [1.82, 2.24) is 4.90 Å². The van der Waals surface area contributed by atoms with Crippen LogP contribution < -0.4 is 5.73 Å². The number of likely N-dealkylation sites (N-methyl/N-ethyl adjacent to an activating group) is 1. The Balaban J connectivity index is 2.34. The van der Waals surface area contributed by atoms with Crippen molar-refractivity contribution < 1.29 is 8.81 Å². The molecule has 0 spiro atoms. The summed E-state index contributed by atoms with van der Waals surface area (Å²) in [5, 5.41) is 0. The Morgan fingerprint density at radius 2 is 1.94 bits per heavy atom. The highest BCUT2D eigenvalue weighted by molar-refractivity contribution is 5.58. The van der Waals surface area contributed by atoms with E-state index in [4.69, 9.17) is 10.2 Å². The van der Waals surface area contributed by atoms with Gasteiger partial charge in [0, 0.05) is 6.54 Å². The van der Waals surface area contributed by atoms with Gasteiger partial charge in [-0.1, -0.05) is 12.1 Å². The van der Waals surface area contributed by atoms with Gasteiger partial charge in [-0.15, -0.1) is 0 Å². The Kier molecular flexibility index (Phi) is 3.79. The third-order valence-electron chi connectivity index (χ3n) is 2.94. The van der Waals surface area contributed by atoms with Gasteiger partial charge in [0.05, 0.1) is 11.6 Å². The van der Waals surface area contributed by atoms with Gasteiger partial charge in [0.2, 0.25) is 0 Å². The summed E-state index contributed by atoms with van der Waals surface area (Å²) in [5.74, 6) is 0.997. The predicted octanol–water partition coefficient (Wildman–Crippen LogP) is 2.65. The molecule has 2 rings (SSSR count). The summed E-state index contributed by atoms with van der Waals surface area (Å²) in [6, 6.07) is 10.2. The van der Waals surface area contributed by atoms with E-state index in [1.54, 1.807) is 24.3 Å². The normalized spacial score (nSPS) is 12.9. The Morgan fingerprint density at radius 1 is 1.22 bits per heavy atom. The summed E-state index contributed by atoms with van der Waals surface area (Å²) in [7, 11) is 3.87. The highest BCUT2D eigenvalue weighted by Gasteiger charge is 2.17. The maximum Gasteiger partial charge on any atom is 0.137 e. The molecule has 1 unspecified atom stereocenters. The maximum absolute atomic E-state index is 13.6. The van der Waals surface area contributed by atoms with Crippen LogP contribution in [0, 0.1) is 5.82 Å². The molecule has 1 heterocycles. The first-order chi connectivity index (χ1) is 8.63. The molecule has 0 saturated carbocycles. The smallest absolute Gasteiger partial charge is 0.137 e. The first kappa shape index (κ1) is 12.8. The van der Waals surface area contributed by atoms with Gasteiger partial charge in [0.25, 0.3) is 0 Å². The van der Waals surface area contributed by atoms with E-state index < -0.39 is 0 Å². The topological polar surface area (TPSA) is 42.4 Å². The van der Waals surface area contributed by atoms with Gasteiger partial charge in [-0.3, -0.25) is 4.90 Å². The van der Waals surface area contributed by atoms with Gasteiger partial charge in [0.15, 0.2) is 0 Å². The van der Waals surface area contributed by atoms with Crippen LogP contribution in [0.4, 0.5) is 4.39 Å². The summed E-state index contributed by atoms with van der Waals surface area (Å²) in [6.07, 6.45) is 0. The standard InChI is InChI=1S/C14H17FN2O/c1-17(2)12(9-16)14-8-7-13(18-14)10-5-3-4-6-11(10)15/h3-8,12H,9,16H2,1-2H3. The fourth-order valence-electron chi connectivity index (χ4n) is 1.92. The van der Waals surface area contributed by atoms with Gasteiger partial charge >= 0.3 is 0 Å². The lowest BCUT2D eigenvalue weighted by molar-refractivity contribution is 0.266. The van der Waals surface area contributed by atoms with Crippen LogP contribution in [0.15, 0.2) is 40.8 Å². The number of halogens is 1. The molecular formula is C14H17FN2O. The Hall–Kier alpha value is -1.65. The summed E-state index contributed by atoms with van der Waals surface area (Å²) in [6.45, 7) is 0.456. The largest absolute Gasteiger partial charge is 0.459 e. The van der Waals surface area contributed by atoms with Crippen molar-refractivity contribution in [2.45, 2.75) is 6.04 Å². The molecule has 0 bridgehead atoms. The molecule has 1 aromatic carbocycles. The minimum absolute atomic E-state index is 0.00511. The van der Waals surface area contributed by atoms with Crippen molar-refractivity contribution in [2.24, 2.45) is 5.73 Å². The summed E-state index contributed by atoms with van der Waals surface area (Å²) < 4.78 is 19.3. The quantitative estimate of drug-likeness (QED) is 0.904. The van der Waals surface area contributed by atoms with E-state index in [1.165, 1.54) is 6.07 Å². The van der Waals surface area contributed by atoms with Crippen LogP contribution in [0.25, 0.3) is 11.3 Å². The number of nitrogens with two attached hydrogens (primary N) is 1. The SMILES string of the molecule is CN(C)C(CN)c1ccc(-c2ccccc2F)o1. The van der Waals surface area contributed by atoms with Gasteiger partial charge in [-0.25, -0.2) is 4.39 Å². The lowest BCUT2D eigenvalue weighted by Crippen LogP contribution is -2.26. The van der Waals surface area contributed by atoms with Crippen LogP contribution in [-0.4, -0.2) is 25.5 Å². The second-order valence-corrected chi connectivity index (χ2v) is 4.40. The lowest BCUT2D eigenvalue weighted by atomic mass is 10.1. The number of furan rings is 1. The van der Waals surface area contributed by atoms with Crippen LogP contribution in [0.5, 0.6) is 0 Å². The zero-order chi connectivity index (χ0) is 13.1. The van der Waals surface area contributed by atoms with Crippen LogP contribution in [0.1, 0.15) is 11.8 Å². The monoisotopic (exact) mass is 248 g/mol. The summed E-state index contributed by atoms with van der Waals surface area (Å²) in [4.78, 5) is 1.98. The number of benzene rings is 1. The van der Waals surface area contributed by atoms with E-state index >= 15 is 0 Å². The number of hydrogen-bond acceptors (Lipinski definition) is 3. The van der Waals surface area contributed by atoms with Crippen LogP contribution in [-0.2, 0) is 0 Å². The van der Waals surface area contributed by atoms with E-state index in [0.29, 0.717) is 17.9 Å².